The number of likely N-dealkylation sites (tertiary alicyclic amines) is 1. The lowest BCUT2D eigenvalue weighted by atomic mass is 10.1. The predicted molar refractivity (Wildman–Crippen MR) is 76.6 cm³/mol. The molecule has 1 aliphatic rings. The molecule has 1 unspecified atom stereocenters. The SMILES string of the molecule is Cl.NC1CCN(C(=O)Cc2ccc(Cl)c(Cl)c2)C1. The zero-order valence-electron chi connectivity index (χ0n) is 9.73. The van der Waals surface area contributed by atoms with Crippen LogP contribution >= 0.6 is 35.6 Å². The minimum Gasteiger partial charge on any atom is -0.341 e. The molecule has 0 bridgehead atoms. The molecule has 6 heteroatoms. The highest BCUT2D eigenvalue weighted by Gasteiger charge is 2.23. The first-order valence-corrected chi connectivity index (χ1v) is 6.29. The van der Waals surface area contributed by atoms with Crippen molar-refractivity contribution in [3.8, 4) is 0 Å². The number of hydrogen-bond donors (Lipinski definition) is 1. The fourth-order valence-corrected chi connectivity index (χ4v) is 2.27. The van der Waals surface area contributed by atoms with Crippen LogP contribution in [0.4, 0.5) is 0 Å². The van der Waals surface area contributed by atoms with Gasteiger partial charge in [-0.05, 0) is 24.1 Å². The third-order valence-electron chi connectivity index (χ3n) is 2.92. The molecular formula is C12H15Cl3N2O. The molecule has 0 radical (unpaired) electrons. The molecule has 2 N–H and O–H groups in total. The van der Waals surface area contributed by atoms with Crippen molar-refractivity contribution in [2.24, 2.45) is 5.73 Å². The fraction of sp³-hybridized carbons (Fsp3) is 0.417. The summed E-state index contributed by atoms with van der Waals surface area (Å²) >= 11 is 11.7. The molecule has 2 rings (SSSR count). The van der Waals surface area contributed by atoms with Crippen molar-refractivity contribution in [1.29, 1.82) is 0 Å². The zero-order valence-corrected chi connectivity index (χ0v) is 12.1. The maximum Gasteiger partial charge on any atom is 0.227 e. The normalized spacial score (nSPS) is 18.6. The van der Waals surface area contributed by atoms with E-state index in [1.807, 2.05) is 6.07 Å². The fourth-order valence-electron chi connectivity index (χ4n) is 1.95. The second-order valence-electron chi connectivity index (χ2n) is 4.31. The molecule has 1 heterocycles. The average molecular weight is 310 g/mol. The predicted octanol–water partition coefficient (Wildman–Crippen LogP) is 2.52. The van der Waals surface area contributed by atoms with Crippen LogP contribution in [-0.2, 0) is 11.2 Å². The summed E-state index contributed by atoms with van der Waals surface area (Å²) < 4.78 is 0. The lowest BCUT2D eigenvalue weighted by Gasteiger charge is -2.15. The van der Waals surface area contributed by atoms with E-state index in [-0.39, 0.29) is 24.4 Å². The van der Waals surface area contributed by atoms with Crippen molar-refractivity contribution >= 4 is 41.5 Å². The van der Waals surface area contributed by atoms with Crippen LogP contribution in [0.2, 0.25) is 10.0 Å². The lowest BCUT2D eigenvalue weighted by molar-refractivity contribution is -0.129. The molecule has 0 aliphatic carbocycles. The molecule has 0 saturated carbocycles. The number of benzene rings is 1. The Morgan fingerprint density at radius 1 is 1.39 bits per heavy atom. The molecule has 1 amide bonds. The molecule has 1 aromatic carbocycles. The van der Waals surface area contributed by atoms with Crippen LogP contribution in [0, 0.1) is 0 Å². The second-order valence-corrected chi connectivity index (χ2v) is 5.13. The largest absolute Gasteiger partial charge is 0.341 e. The van der Waals surface area contributed by atoms with Gasteiger partial charge in [0.25, 0.3) is 0 Å². The summed E-state index contributed by atoms with van der Waals surface area (Å²) in [6.45, 7) is 1.40. The van der Waals surface area contributed by atoms with Crippen molar-refractivity contribution in [3.05, 3.63) is 33.8 Å². The Kier molecular flexibility index (Phi) is 5.73. The number of amides is 1. The van der Waals surface area contributed by atoms with Gasteiger partial charge < -0.3 is 10.6 Å². The van der Waals surface area contributed by atoms with Gasteiger partial charge in [0, 0.05) is 19.1 Å². The van der Waals surface area contributed by atoms with E-state index in [0.717, 1.165) is 18.5 Å². The monoisotopic (exact) mass is 308 g/mol. The lowest BCUT2D eigenvalue weighted by Crippen LogP contribution is -2.32. The molecule has 0 spiro atoms. The van der Waals surface area contributed by atoms with Crippen LogP contribution in [0.5, 0.6) is 0 Å². The standard InChI is InChI=1S/C12H14Cl2N2O.ClH/c13-10-2-1-8(5-11(10)14)6-12(17)16-4-3-9(15)7-16;/h1-2,5,9H,3-4,6-7,15H2;1H. The van der Waals surface area contributed by atoms with Gasteiger partial charge in [0.1, 0.15) is 0 Å². The molecule has 1 aliphatic heterocycles. The van der Waals surface area contributed by atoms with Gasteiger partial charge in [0.05, 0.1) is 16.5 Å². The molecule has 3 nitrogen and oxygen atoms in total. The number of carbonyl (C=O) groups excluding carboxylic acids is 1. The van der Waals surface area contributed by atoms with E-state index in [1.165, 1.54) is 0 Å². The summed E-state index contributed by atoms with van der Waals surface area (Å²) in [6.07, 6.45) is 1.23. The summed E-state index contributed by atoms with van der Waals surface area (Å²) in [6, 6.07) is 5.38. The molecule has 100 valence electrons. The zero-order chi connectivity index (χ0) is 12.4. The van der Waals surface area contributed by atoms with Crippen LogP contribution in [0.1, 0.15) is 12.0 Å². The first-order valence-electron chi connectivity index (χ1n) is 5.53. The topological polar surface area (TPSA) is 46.3 Å². The summed E-state index contributed by atoms with van der Waals surface area (Å²) in [4.78, 5) is 13.7. The highest BCUT2D eigenvalue weighted by Crippen LogP contribution is 2.23. The van der Waals surface area contributed by atoms with Gasteiger partial charge in [-0.15, -0.1) is 12.4 Å². The van der Waals surface area contributed by atoms with E-state index < -0.39 is 0 Å². The minimum absolute atomic E-state index is 0. The number of halogens is 3. The molecule has 0 aromatic heterocycles. The van der Waals surface area contributed by atoms with Gasteiger partial charge in [-0.1, -0.05) is 29.3 Å². The average Bonchev–Trinajstić information content (AvgIpc) is 2.70. The molecule has 18 heavy (non-hydrogen) atoms. The van der Waals surface area contributed by atoms with Gasteiger partial charge in [-0.2, -0.15) is 0 Å². The maximum atomic E-state index is 12.0. The number of rotatable bonds is 2. The van der Waals surface area contributed by atoms with Crippen LogP contribution in [0.15, 0.2) is 18.2 Å². The van der Waals surface area contributed by atoms with Gasteiger partial charge in [-0.3, -0.25) is 4.79 Å². The van der Waals surface area contributed by atoms with Crippen molar-refractivity contribution < 1.29 is 4.79 Å². The number of hydrogen-bond acceptors (Lipinski definition) is 2. The summed E-state index contributed by atoms with van der Waals surface area (Å²) in [5.74, 6) is 0.0938. The quantitative estimate of drug-likeness (QED) is 0.912. The number of nitrogens with zero attached hydrogens (tertiary/aromatic N) is 1. The van der Waals surface area contributed by atoms with Crippen molar-refractivity contribution in [2.45, 2.75) is 18.9 Å². The molecular weight excluding hydrogens is 295 g/mol. The summed E-state index contributed by atoms with van der Waals surface area (Å²) in [5.41, 5.74) is 6.65. The Morgan fingerprint density at radius 3 is 2.67 bits per heavy atom. The highest BCUT2D eigenvalue weighted by molar-refractivity contribution is 6.42. The molecule has 1 saturated heterocycles. The Labute approximate surface area is 123 Å². The molecule has 1 aromatic rings. The van der Waals surface area contributed by atoms with Gasteiger partial charge in [-0.25, -0.2) is 0 Å². The van der Waals surface area contributed by atoms with Crippen LogP contribution in [0.25, 0.3) is 0 Å². The van der Waals surface area contributed by atoms with E-state index in [1.54, 1.807) is 17.0 Å². The highest BCUT2D eigenvalue weighted by atomic mass is 35.5. The van der Waals surface area contributed by atoms with E-state index in [9.17, 15) is 4.79 Å². The van der Waals surface area contributed by atoms with Crippen LogP contribution in [0.3, 0.4) is 0 Å². The third kappa shape index (κ3) is 3.75. The van der Waals surface area contributed by atoms with Crippen molar-refractivity contribution in [3.63, 3.8) is 0 Å². The Morgan fingerprint density at radius 2 is 2.11 bits per heavy atom. The first kappa shape index (κ1) is 15.6. The van der Waals surface area contributed by atoms with E-state index in [4.69, 9.17) is 28.9 Å². The summed E-state index contributed by atoms with van der Waals surface area (Å²) in [5, 5.41) is 0.987. The Balaban J connectivity index is 0.00000162. The molecule has 1 atom stereocenters. The van der Waals surface area contributed by atoms with Crippen molar-refractivity contribution in [2.75, 3.05) is 13.1 Å². The number of nitrogens with two attached hydrogens (primary N) is 1. The Hall–Kier alpha value is -0.480. The Bertz CT molecular complexity index is 439. The third-order valence-corrected chi connectivity index (χ3v) is 3.66. The van der Waals surface area contributed by atoms with Crippen LogP contribution in [-0.4, -0.2) is 29.9 Å². The molecule has 1 fully saturated rings. The number of carbonyl (C=O) groups is 1. The van der Waals surface area contributed by atoms with E-state index >= 15 is 0 Å². The van der Waals surface area contributed by atoms with Crippen LogP contribution < -0.4 is 5.73 Å². The minimum atomic E-state index is 0. The first-order chi connectivity index (χ1) is 8.06. The van der Waals surface area contributed by atoms with E-state index in [2.05, 4.69) is 0 Å². The van der Waals surface area contributed by atoms with Gasteiger partial charge in [0.15, 0.2) is 0 Å². The van der Waals surface area contributed by atoms with Gasteiger partial charge >= 0.3 is 0 Å². The maximum absolute atomic E-state index is 12.0. The van der Waals surface area contributed by atoms with Crippen molar-refractivity contribution in [1.82, 2.24) is 4.90 Å². The smallest absolute Gasteiger partial charge is 0.227 e. The van der Waals surface area contributed by atoms with E-state index in [0.29, 0.717) is 23.0 Å². The van der Waals surface area contributed by atoms with Gasteiger partial charge in [0.2, 0.25) is 5.91 Å². The summed E-state index contributed by atoms with van der Waals surface area (Å²) in [7, 11) is 0. The second kappa shape index (κ2) is 6.62.